The van der Waals surface area contributed by atoms with Crippen LogP contribution in [0.15, 0.2) is 89.8 Å². The Kier molecular flexibility index (Phi) is 11.9. The van der Waals surface area contributed by atoms with Crippen LogP contribution in [0.1, 0.15) is 46.5 Å². The second kappa shape index (κ2) is 16.2. The largest absolute Gasteiger partial charge is 0.490 e. The zero-order chi connectivity index (χ0) is 34.7. The van der Waals surface area contributed by atoms with Gasteiger partial charge in [-0.3, -0.25) is 19.6 Å². The quantitative estimate of drug-likeness (QED) is 0.0480. The van der Waals surface area contributed by atoms with Crippen LogP contribution < -0.4 is 14.2 Å². The Labute approximate surface area is 278 Å². The van der Waals surface area contributed by atoms with Crippen LogP contribution in [0.4, 0.5) is 11.4 Å². The fourth-order valence-electron chi connectivity index (χ4n) is 4.38. The number of nitro benzene ring substituents is 1. The molecular weight excluding hydrogens is 640 g/mol. The molecule has 0 saturated heterocycles. The first-order valence-electron chi connectivity index (χ1n) is 14.8. The standard InChI is InChI=1S/C35H34N2O10S/c1-4-44-35(39)28-15-14-27(32(22-28)37(40)41)13-11-26-12-18-31(36-48(42,43)30-16-9-24(2)10-17-30)34(21-26)46-20-19-45-33-8-6-5-7-29(33)23-47-25(3)38/h5-18,21-22,36H,4,19-20,23H2,1-3H3/b13-11+. The Hall–Kier alpha value is -5.69. The number of nitrogens with zero attached hydrogens (tertiary/aromatic N) is 1. The summed E-state index contributed by atoms with van der Waals surface area (Å²) in [6, 6.07) is 22.2. The smallest absolute Gasteiger partial charge is 0.338 e. The summed E-state index contributed by atoms with van der Waals surface area (Å²) >= 11 is 0. The number of hydrogen-bond acceptors (Lipinski definition) is 10. The van der Waals surface area contributed by atoms with Crippen LogP contribution in [-0.2, 0) is 30.9 Å². The zero-order valence-electron chi connectivity index (χ0n) is 26.5. The number of hydrogen-bond donors (Lipinski definition) is 1. The summed E-state index contributed by atoms with van der Waals surface area (Å²) in [6.45, 7) is 5.05. The highest BCUT2D eigenvalue weighted by Gasteiger charge is 2.19. The fraction of sp³-hybridized carbons (Fsp3) is 0.200. The number of esters is 2. The topological polar surface area (TPSA) is 160 Å². The molecule has 13 heteroatoms. The molecule has 0 atom stereocenters. The van der Waals surface area contributed by atoms with Crippen molar-refractivity contribution in [2.45, 2.75) is 32.3 Å². The molecule has 0 aliphatic carbocycles. The molecule has 12 nitrogen and oxygen atoms in total. The molecule has 0 aromatic heterocycles. The third kappa shape index (κ3) is 9.66. The minimum Gasteiger partial charge on any atom is -0.490 e. The van der Waals surface area contributed by atoms with Gasteiger partial charge in [-0.1, -0.05) is 48.0 Å². The highest BCUT2D eigenvalue weighted by atomic mass is 32.2. The Morgan fingerprint density at radius 3 is 2.27 bits per heavy atom. The minimum absolute atomic E-state index is 0.00905. The number of ether oxygens (including phenoxy) is 4. The lowest BCUT2D eigenvalue weighted by Gasteiger charge is -2.16. The first kappa shape index (κ1) is 35.2. The molecule has 250 valence electrons. The van der Waals surface area contributed by atoms with Crippen LogP contribution in [0.25, 0.3) is 12.2 Å². The Bertz CT molecular complexity index is 1920. The van der Waals surface area contributed by atoms with Crippen molar-refractivity contribution in [3.8, 4) is 11.5 Å². The van der Waals surface area contributed by atoms with Gasteiger partial charge in [0.05, 0.1) is 33.2 Å². The molecule has 48 heavy (non-hydrogen) atoms. The highest BCUT2D eigenvalue weighted by Crippen LogP contribution is 2.30. The molecule has 0 fully saturated rings. The maximum Gasteiger partial charge on any atom is 0.338 e. The van der Waals surface area contributed by atoms with Crippen molar-refractivity contribution < 1.29 is 41.9 Å². The van der Waals surface area contributed by atoms with Crippen LogP contribution >= 0.6 is 0 Å². The highest BCUT2D eigenvalue weighted by molar-refractivity contribution is 7.92. The molecule has 0 spiro atoms. The lowest BCUT2D eigenvalue weighted by atomic mass is 10.1. The third-order valence-electron chi connectivity index (χ3n) is 6.78. The normalized spacial score (nSPS) is 11.1. The SMILES string of the molecule is CCOC(=O)c1ccc(/C=C/c2ccc(NS(=O)(=O)c3ccc(C)cc3)c(OCCOc3ccccc3COC(C)=O)c2)c([N+](=O)[O-])c1. The van der Waals surface area contributed by atoms with Crippen molar-refractivity contribution in [3.05, 3.63) is 123 Å². The van der Waals surface area contributed by atoms with E-state index in [0.717, 1.165) is 11.6 Å². The van der Waals surface area contributed by atoms with Gasteiger partial charge in [-0.25, -0.2) is 13.2 Å². The summed E-state index contributed by atoms with van der Waals surface area (Å²) in [5.41, 5.74) is 2.27. The molecular formula is C35H34N2O10S. The predicted molar refractivity (Wildman–Crippen MR) is 179 cm³/mol. The number of aryl methyl sites for hydroxylation is 1. The van der Waals surface area contributed by atoms with E-state index in [1.807, 2.05) is 6.92 Å². The second-order valence-corrected chi connectivity index (χ2v) is 12.0. The average Bonchev–Trinajstić information content (AvgIpc) is 3.06. The maximum absolute atomic E-state index is 13.2. The van der Waals surface area contributed by atoms with Gasteiger partial charge in [0.2, 0.25) is 0 Å². The summed E-state index contributed by atoms with van der Waals surface area (Å²) in [5, 5.41) is 11.8. The predicted octanol–water partition coefficient (Wildman–Crippen LogP) is 6.57. The summed E-state index contributed by atoms with van der Waals surface area (Å²) < 4.78 is 50.9. The molecule has 0 heterocycles. The molecule has 4 aromatic carbocycles. The van der Waals surface area contributed by atoms with E-state index in [2.05, 4.69) is 4.72 Å². The van der Waals surface area contributed by atoms with E-state index in [1.54, 1.807) is 61.5 Å². The van der Waals surface area contributed by atoms with Gasteiger partial charge in [0, 0.05) is 18.6 Å². The average molecular weight is 675 g/mol. The van der Waals surface area contributed by atoms with Crippen molar-refractivity contribution in [1.29, 1.82) is 0 Å². The molecule has 0 unspecified atom stereocenters. The second-order valence-electron chi connectivity index (χ2n) is 10.3. The molecule has 0 aliphatic rings. The molecule has 0 saturated carbocycles. The van der Waals surface area contributed by atoms with Crippen molar-refractivity contribution in [3.63, 3.8) is 0 Å². The number of rotatable bonds is 15. The lowest BCUT2D eigenvalue weighted by molar-refractivity contribution is -0.385. The third-order valence-corrected chi connectivity index (χ3v) is 8.16. The van der Waals surface area contributed by atoms with Crippen LogP contribution in [-0.4, -0.2) is 45.1 Å². The van der Waals surface area contributed by atoms with Crippen molar-refractivity contribution in [2.75, 3.05) is 24.5 Å². The van der Waals surface area contributed by atoms with Crippen LogP contribution in [0.2, 0.25) is 0 Å². The van der Waals surface area contributed by atoms with Gasteiger partial charge in [0.1, 0.15) is 31.3 Å². The van der Waals surface area contributed by atoms with Gasteiger partial charge in [0.15, 0.2) is 0 Å². The van der Waals surface area contributed by atoms with E-state index >= 15 is 0 Å². The Balaban J connectivity index is 1.58. The van der Waals surface area contributed by atoms with Crippen LogP contribution in [0.5, 0.6) is 11.5 Å². The number of para-hydroxylation sites is 1. The molecule has 0 aliphatic heterocycles. The number of nitro groups is 1. The van der Waals surface area contributed by atoms with Crippen molar-refractivity contribution in [2.24, 2.45) is 0 Å². The zero-order valence-corrected chi connectivity index (χ0v) is 27.3. The monoisotopic (exact) mass is 674 g/mol. The van der Waals surface area contributed by atoms with Gasteiger partial charge < -0.3 is 18.9 Å². The number of nitrogens with one attached hydrogen (secondary N) is 1. The number of sulfonamides is 1. The van der Waals surface area contributed by atoms with E-state index in [0.29, 0.717) is 16.9 Å². The van der Waals surface area contributed by atoms with E-state index in [-0.39, 0.29) is 59.6 Å². The Morgan fingerprint density at radius 2 is 1.58 bits per heavy atom. The van der Waals surface area contributed by atoms with Crippen LogP contribution in [0.3, 0.4) is 0 Å². The first-order chi connectivity index (χ1) is 23.0. The Morgan fingerprint density at radius 1 is 0.875 bits per heavy atom. The molecule has 1 N–H and O–H groups in total. The van der Waals surface area contributed by atoms with E-state index in [4.69, 9.17) is 18.9 Å². The lowest BCUT2D eigenvalue weighted by Crippen LogP contribution is -2.15. The molecule has 0 bridgehead atoms. The molecule has 4 rings (SSSR count). The van der Waals surface area contributed by atoms with Gasteiger partial charge in [0.25, 0.3) is 15.7 Å². The van der Waals surface area contributed by atoms with E-state index in [1.165, 1.54) is 43.3 Å². The number of carbonyl (C=O) groups excluding carboxylic acids is 2. The van der Waals surface area contributed by atoms with Gasteiger partial charge in [-0.15, -0.1) is 0 Å². The van der Waals surface area contributed by atoms with Gasteiger partial charge in [-0.2, -0.15) is 0 Å². The van der Waals surface area contributed by atoms with Crippen molar-refractivity contribution >= 4 is 45.5 Å². The molecule has 4 aromatic rings. The van der Waals surface area contributed by atoms with Crippen LogP contribution in [0, 0.1) is 17.0 Å². The minimum atomic E-state index is -3.98. The van der Waals surface area contributed by atoms with Gasteiger partial charge in [-0.05, 0) is 68.0 Å². The number of anilines is 1. The summed E-state index contributed by atoms with van der Waals surface area (Å²) in [6.07, 6.45) is 3.10. The number of benzene rings is 4. The maximum atomic E-state index is 13.2. The summed E-state index contributed by atoms with van der Waals surface area (Å²) in [4.78, 5) is 34.6. The summed E-state index contributed by atoms with van der Waals surface area (Å²) in [5.74, 6) is -0.420. The fourth-order valence-corrected chi connectivity index (χ4v) is 5.45. The van der Waals surface area contributed by atoms with E-state index in [9.17, 15) is 28.1 Å². The summed E-state index contributed by atoms with van der Waals surface area (Å²) in [7, 11) is -3.98. The number of carbonyl (C=O) groups is 2. The molecule has 0 radical (unpaired) electrons. The van der Waals surface area contributed by atoms with Crippen molar-refractivity contribution in [1.82, 2.24) is 0 Å². The van der Waals surface area contributed by atoms with Gasteiger partial charge >= 0.3 is 11.9 Å². The molecule has 0 amide bonds. The van der Waals surface area contributed by atoms with E-state index < -0.39 is 26.9 Å². The first-order valence-corrected chi connectivity index (χ1v) is 16.3.